The second-order valence-corrected chi connectivity index (χ2v) is 9.23. The zero-order valence-corrected chi connectivity index (χ0v) is 20.6. The number of aromatic amines is 1. The number of likely N-dealkylation sites (tertiary alicyclic amines) is 1. The normalized spacial score (nSPS) is 14.4. The minimum absolute atomic E-state index is 0.0292. The van der Waals surface area contributed by atoms with E-state index in [0.717, 1.165) is 16.8 Å². The lowest BCUT2D eigenvalue weighted by Gasteiger charge is -2.31. The molecule has 0 unspecified atom stereocenters. The molecule has 0 aliphatic carbocycles. The number of fused-ring (bicyclic) bond motifs is 3. The van der Waals surface area contributed by atoms with Crippen molar-refractivity contribution in [2.24, 2.45) is 0 Å². The molecule has 0 radical (unpaired) electrons. The topological polar surface area (TPSA) is 109 Å². The number of carbonyl (C=O) groups is 2. The molecule has 1 aliphatic heterocycles. The summed E-state index contributed by atoms with van der Waals surface area (Å²) >= 11 is 0. The van der Waals surface area contributed by atoms with E-state index >= 15 is 0 Å². The lowest BCUT2D eigenvalue weighted by molar-refractivity contribution is 0.0860. The molecule has 0 bridgehead atoms. The zero-order chi connectivity index (χ0) is 25.4. The molecule has 2 N–H and O–H groups in total. The Labute approximate surface area is 208 Å². The van der Waals surface area contributed by atoms with Crippen molar-refractivity contribution in [3.8, 4) is 5.69 Å². The average Bonchev–Trinajstić information content (AvgIpc) is 3.22. The first-order valence-electron chi connectivity index (χ1n) is 12.2. The van der Waals surface area contributed by atoms with Crippen molar-refractivity contribution in [1.82, 2.24) is 25.0 Å². The zero-order valence-electron chi connectivity index (χ0n) is 20.6. The number of amides is 2. The number of rotatable bonds is 4. The maximum Gasteiger partial charge on any atom is 0.409 e. The van der Waals surface area contributed by atoms with Crippen LogP contribution in [0, 0.1) is 13.8 Å². The Hall–Kier alpha value is -4.14. The van der Waals surface area contributed by atoms with Gasteiger partial charge in [0, 0.05) is 36.3 Å². The van der Waals surface area contributed by atoms with Gasteiger partial charge in [-0.15, -0.1) is 0 Å². The van der Waals surface area contributed by atoms with Crippen LogP contribution in [0.1, 0.15) is 41.3 Å². The Morgan fingerprint density at radius 2 is 1.86 bits per heavy atom. The first kappa shape index (κ1) is 23.6. The largest absolute Gasteiger partial charge is 0.450 e. The fourth-order valence-corrected chi connectivity index (χ4v) is 4.64. The van der Waals surface area contributed by atoms with E-state index in [1.165, 1.54) is 4.68 Å². The fourth-order valence-electron chi connectivity index (χ4n) is 4.64. The minimum atomic E-state index is -0.310. The predicted octanol–water partition coefficient (Wildman–Crippen LogP) is 3.83. The Bertz CT molecular complexity index is 1530. The highest BCUT2D eigenvalue weighted by Crippen LogP contribution is 2.23. The van der Waals surface area contributed by atoms with E-state index in [1.807, 2.05) is 32.0 Å². The number of hydrogen-bond acceptors (Lipinski definition) is 5. The SMILES string of the molecule is CCOC(=O)N1CCC(NC(=O)c2ccc3ncc4c(=O)n(-c5ccc(C)c(C)c5)[nH]c4c3c2)CC1. The summed E-state index contributed by atoms with van der Waals surface area (Å²) in [5.74, 6) is -0.195. The number of aromatic nitrogens is 3. The second-order valence-electron chi connectivity index (χ2n) is 9.23. The van der Waals surface area contributed by atoms with Crippen LogP contribution in [0.4, 0.5) is 4.79 Å². The van der Waals surface area contributed by atoms with Gasteiger partial charge in [0.25, 0.3) is 11.5 Å². The van der Waals surface area contributed by atoms with Gasteiger partial charge in [0.1, 0.15) is 0 Å². The smallest absolute Gasteiger partial charge is 0.409 e. The standard InChI is InChI=1S/C27H29N5O4/c1-4-36-27(35)31-11-9-19(10-12-31)29-25(33)18-6-8-23-21(14-18)24-22(15-28-23)26(34)32(30-24)20-7-5-16(2)17(3)13-20/h5-8,13-15,19,30H,4,9-12H2,1-3H3,(H,29,33). The highest BCUT2D eigenvalue weighted by atomic mass is 16.6. The van der Waals surface area contributed by atoms with Crippen LogP contribution in [0.25, 0.3) is 27.5 Å². The maximum absolute atomic E-state index is 13.1. The van der Waals surface area contributed by atoms with E-state index in [2.05, 4.69) is 15.4 Å². The van der Waals surface area contributed by atoms with Crippen LogP contribution in [-0.4, -0.2) is 57.4 Å². The Morgan fingerprint density at radius 3 is 2.58 bits per heavy atom. The van der Waals surface area contributed by atoms with E-state index < -0.39 is 0 Å². The average molecular weight is 488 g/mol. The van der Waals surface area contributed by atoms with Crippen molar-refractivity contribution >= 4 is 33.8 Å². The molecule has 5 rings (SSSR count). The third-order valence-electron chi connectivity index (χ3n) is 6.89. The molecule has 9 heteroatoms. The quantitative estimate of drug-likeness (QED) is 0.455. The number of nitrogens with one attached hydrogen (secondary N) is 2. The molecule has 0 spiro atoms. The van der Waals surface area contributed by atoms with Crippen molar-refractivity contribution in [2.45, 2.75) is 39.7 Å². The number of pyridine rings is 1. The number of benzene rings is 2. The number of carbonyl (C=O) groups excluding carboxylic acids is 2. The number of H-pyrrole nitrogens is 1. The number of hydrogen-bond donors (Lipinski definition) is 2. The molecule has 1 fully saturated rings. The van der Waals surface area contributed by atoms with E-state index in [9.17, 15) is 14.4 Å². The molecule has 9 nitrogen and oxygen atoms in total. The number of nitrogens with zero attached hydrogens (tertiary/aromatic N) is 3. The molecule has 186 valence electrons. The van der Waals surface area contributed by atoms with Crippen LogP contribution in [0.15, 0.2) is 47.4 Å². The lowest BCUT2D eigenvalue weighted by Crippen LogP contribution is -2.46. The Kier molecular flexibility index (Phi) is 6.22. The molecule has 2 aromatic heterocycles. The van der Waals surface area contributed by atoms with Gasteiger partial charge in [-0.25, -0.2) is 9.48 Å². The van der Waals surface area contributed by atoms with Crippen molar-refractivity contribution < 1.29 is 14.3 Å². The first-order chi connectivity index (χ1) is 17.4. The summed E-state index contributed by atoms with van der Waals surface area (Å²) < 4.78 is 6.58. The highest BCUT2D eigenvalue weighted by molar-refractivity contribution is 6.06. The molecule has 1 aliphatic rings. The summed E-state index contributed by atoms with van der Waals surface area (Å²) in [7, 11) is 0. The first-order valence-corrected chi connectivity index (χ1v) is 12.2. The van der Waals surface area contributed by atoms with Gasteiger partial charge < -0.3 is 15.0 Å². The highest BCUT2D eigenvalue weighted by Gasteiger charge is 2.25. The van der Waals surface area contributed by atoms with Crippen LogP contribution in [0.2, 0.25) is 0 Å². The van der Waals surface area contributed by atoms with Gasteiger partial charge in [-0.3, -0.25) is 19.7 Å². The molecule has 0 saturated carbocycles. The van der Waals surface area contributed by atoms with Crippen molar-refractivity contribution in [2.75, 3.05) is 19.7 Å². The van der Waals surface area contributed by atoms with Crippen LogP contribution in [0.5, 0.6) is 0 Å². The van der Waals surface area contributed by atoms with Gasteiger partial charge in [0.05, 0.1) is 28.7 Å². The van der Waals surface area contributed by atoms with Crippen molar-refractivity contribution in [3.05, 3.63) is 69.6 Å². The van der Waals surface area contributed by atoms with Gasteiger partial charge in [-0.2, -0.15) is 0 Å². The van der Waals surface area contributed by atoms with E-state index in [4.69, 9.17) is 4.74 Å². The molecule has 36 heavy (non-hydrogen) atoms. The van der Waals surface area contributed by atoms with Crippen molar-refractivity contribution in [3.63, 3.8) is 0 Å². The second kappa shape index (κ2) is 9.49. The summed E-state index contributed by atoms with van der Waals surface area (Å²) in [6, 6.07) is 11.1. The number of ether oxygens (including phenoxy) is 1. The Balaban J connectivity index is 1.41. The molecule has 0 atom stereocenters. The molecule has 2 amide bonds. The summed E-state index contributed by atoms with van der Waals surface area (Å²) in [6.07, 6.45) is 2.59. The van der Waals surface area contributed by atoms with E-state index in [-0.39, 0.29) is 23.6 Å². The maximum atomic E-state index is 13.1. The molecule has 3 heterocycles. The summed E-state index contributed by atoms with van der Waals surface area (Å²) in [5.41, 5.74) is 4.62. The van der Waals surface area contributed by atoms with Crippen LogP contribution in [0.3, 0.4) is 0 Å². The molecule has 2 aromatic carbocycles. The van der Waals surface area contributed by atoms with Crippen LogP contribution in [-0.2, 0) is 4.74 Å². The van der Waals surface area contributed by atoms with E-state index in [1.54, 1.807) is 36.2 Å². The van der Waals surface area contributed by atoms with Gasteiger partial charge in [-0.1, -0.05) is 6.07 Å². The third kappa shape index (κ3) is 4.32. The molecular formula is C27H29N5O4. The predicted molar refractivity (Wildman–Crippen MR) is 138 cm³/mol. The molecular weight excluding hydrogens is 458 g/mol. The van der Waals surface area contributed by atoms with Gasteiger partial charge >= 0.3 is 6.09 Å². The summed E-state index contributed by atoms with van der Waals surface area (Å²) in [4.78, 5) is 44.2. The number of piperidine rings is 1. The summed E-state index contributed by atoms with van der Waals surface area (Å²) in [6.45, 7) is 7.25. The van der Waals surface area contributed by atoms with Crippen LogP contribution >= 0.6 is 0 Å². The molecule has 4 aromatic rings. The Morgan fingerprint density at radius 1 is 1.08 bits per heavy atom. The van der Waals surface area contributed by atoms with Gasteiger partial charge in [0.2, 0.25) is 0 Å². The lowest BCUT2D eigenvalue weighted by atomic mass is 10.0. The van der Waals surface area contributed by atoms with Crippen molar-refractivity contribution in [1.29, 1.82) is 0 Å². The fraction of sp³-hybridized carbons (Fsp3) is 0.333. The van der Waals surface area contributed by atoms with Gasteiger partial charge in [-0.05, 0) is 75.1 Å². The van der Waals surface area contributed by atoms with Gasteiger partial charge in [0.15, 0.2) is 0 Å². The third-order valence-corrected chi connectivity index (χ3v) is 6.89. The van der Waals surface area contributed by atoms with Crippen LogP contribution < -0.4 is 10.9 Å². The monoisotopic (exact) mass is 487 g/mol. The number of aryl methyl sites for hydroxylation is 2. The summed E-state index contributed by atoms with van der Waals surface area (Å²) in [5, 5.41) is 7.47. The minimum Gasteiger partial charge on any atom is -0.450 e. The van der Waals surface area contributed by atoms with E-state index in [0.29, 0.717) is 59.9 Å². The molecule has 1 saturated heterocycles.